The van der Waals surface area contributed by atoms with Crippen LogP contribution in [0, 0.1) is 0 Å². The monoisotopic (exact) mass is 498 g/mol. The molecule has 0 aromatic heterocycles. The minimum Gasteiger partial charge on any atom is -0.0852 e. The largest absolute Gasteiger partial charge is 0.0852 e. The topological polar surface area (TPSA) is 0 Å². The normalized spacial score (nSPS) is 11.9. The molecule has 36 heavy (non-hydrogen) atoms. The Morgan fingerprint density at radius 2 is 0.750 bits per heavy atom. The summed E-state index contributed by atoms with van der Waals surface area (Å²) in [5.41, 5.74) is 5.66. The molecule has 2 atom stereocenters. The van der Waals surface area contributed by atoms with Gasteiger partial charge in [-0.15, -0.1) is 0 Å². The molecule has 0 heterocycles. The fourth-order valence-electron chi connectivity index (χ4n) is 4.96. The minimum absolute atomic E-state index is 0.715. The third-order valence-electron chi connectivity index (χ3n) is 6.76. The summed E-state index contributed by atoms with van der Waals surface area (Å²) in [5, 5.41) is 8.26. The maximum atomic E-state index is 2.38. The Bertz CT molecular complexity index is 1500. The molecular weight excluding hydrogens is 470 g/mol. The summed E-state index contributed by atoms with van der Waals surface area (Å²) in [4.78, 5) is 0. The number of hydrogen-bond donors (Lipinski definition) is 0. The van der Waals surface area contributed by atoms with E-state index in [1.165, 1.54) is 54.4 Å². The average molecular weight is 499 g/mol. The summed E-state index contributed by atoms with van der Waals surface area (Å²) in [7, 11) is 1.43. The second-order valence-electron chi connectivity index (χ2n) is 9.10. The summed E-state index contributed by atoms with van der Waals surface area (Å²) in [5.74, 6) is 0. The van der Waals surface area contributed by atoms with Crippen LogP contribution in [0.25, 0.3) is 32.7 Å². The molecule has 6 rings (SSSR count). The molecule has 0 N–H and O–H groups in total. The minimum atomic E-state index is 0.715. The van der Waals surface area contributed by atoms with Gasteiger partial charge in [-0.3, -0.25) is 0 Å². The van der Waals surface area contributed by atoms with Gasteiger partial charge in [0.05, 0.1) is 0 Å². The van der Waals surface area contributed by atoms with Crippen LogP contribution in [-0.2, 0) is 12.3 Å². The van der Waals surface area contributed by atoms with E-state index in [2.05, 4.69) is 133 Å². The van der Waals surface area contributed by atoms with Crippen LogP contribution in [-0.4, -0.2) is 0 Å². The Morgan fingerprint density at radius 3 is 1.19 bits per heavy atom. The summed E-state index contributed by atoms with van der Waals surface area (Å²) in [6.45, 7) is 0. The van der Waals surface area contributed by atoms with Gasteiger partial charge in [-0.05, 0) is 66.7 Å². The highest BCUT2D eigenvalue weighted by Gasteiger charge is 2.17. The summed E-state index contributed by atoms with van der Waals surface area (Å²) >= 11 is 0. The van der Waals surface area contributed by atoms with Gasteiger partial charge in [-0.2, -0.15) is 0 Å². The third-order valence-corrected chi connectivity index (χ3v) is 9.52. The molecule has 0 spiro atoms. The molecule has 2 heteroatoms. The average Bonchev–Trinajstić information content (AvgIpc) is 2.95. The van der Waals surface area contributed by atoms with E-state index >= 15 is 0 Å². The number of benzene rings is 6. The highest BCUT2D eigenvalue weighted by atomic mass is 31.1. The highest BCUT2D eigenvalue weighted by molar-refractivity contribution is 7.47. The quantitative estimate of drug-likeness (QED) is 0.193. The van der Waals surface area contributed by atoms with E-state index < -0.39 is 0 Å². The first-order valence-electron chi connectivity index (χ1n) is 12.5. The highest BCUT2D eigenvalue weighted by Crippen LogP contribution is 2.38. The zero-order valence-corrected chi connectivity index (χ0v) is 22.1. The maximum absolute atomic E-state index is 2.38. The lowest BCUT2D eigenvalue weighted by Gasteiger charge is -2.20. The molecule has 6 aromatic carbocycles. The van der Waals surface area contributed by atoms with Gasteiger partial charge in [0.15, 0.2) is 0 Å². The van der Waals surface area contributed by atoms with Crippen molar-refractivity contribution in [2.24, 2.45) is 0 Å². The van der Waals surface area contributed by atoms with Crippen LogP contribution in [0.1, 0.15) is 11.1 Å². The fourth-order valence-corrected chi connectivity index (χ4v) is 7.50. The van der Waals surface area contributed by atoms with Crippen molar-refractivity contribution in [2.45, 2.75) is 12.3 Å². The first kappa shape index (κ1) is 23.1. The number of hydrogen-bond acceptors (Lipinski definition) is 0. The molecule has 0 aliphatic heterocycles. The molecule has 0 amide bonds. The van der Waals surface area contributed by atoms with E-state index in [0.717, 1.165) is 12.3 Å². The van der Waals surface area contributed by atoms with Crippen LogP contribution in [0.5, 0.6) is 0 Å². The lowest BCUT2D eigenvalue weighted by Crippen LogP contribution is -2.09. The van der Waals surface area contributed by atoms with Gasteiger partial charge in [0.2, 0.25) is 0 Å². The van der Waals surface area contributed by atoms with E-state index in [1.54, 1.807) is 0 Å². The van der Waals surface area contributed by atoms with Crippen molar-refractivity contribution in [1.82, 2.24) is 0 Å². The zero-order valence-electron chi connectivity index (χ0n) is 20.1. The van der Waals surface area contributed by atoms with Crippen molar-refractivity contribution in [3.63, 3.8) is 0 Å². The molecule has 6 aromatic rings. The molecule has 174 valence electrons. The van der Waals surface area contributed by atoms with Crippen molar-refractivity contribution < 1.29 is 0 Å². The van der Waals surface area contributed by atoms with Gasteiger partial charge < -0.3 is 0 Å². The molecule has 2 unspecified atom stereocenters. The van der Waals surface area contributed by atoms with E-state index in [1.807, 2.05) is 0 Å². The van der Waals surface area contributed by atoms with Gasteiger partial charge in [-0.1, -0.05) is 151 Å². The van der Waals surface area contributed by atoms with Gasteiger partial charge >= 0.3 is 0 Å². The Kier molecular flexibility index (Phi) is 6.91. The molecule has 0 nitrogen and oxygen atoms in total. The van der Waals surface area contributed by atoms with E-state index in [-0.39, 0.29) is 0 Å². The lowest BCUT2D eigenvalue weighted by atomic mass is 9.94. The molecule has 0 saturated carbocycles. The predicted octanol–water partition coefficient (Wildman–Crippen LogP) is 8.67. The third kappa shape index (κ3) is 4.85. The zero-order chi connectivity index (χ0) is 24.2. The number of fused-ring (bicyclic) bond motifs is 2. The van der Waals surface area contributed by atoms with Gasteiger partial charge in [-0.25, -0.2) is 0 Å². The summed E-state index contributed by atoms with van der Waals surface area (Å²) < 4.78 is 0. The van der Waals surface area contributed by atoms with Gasteiger partial charge in [0, 0.05) is 0 Å². The van der Waals surface area contributed by atoms with Crippen molar-refractivity contribution >= 4 is 49.3 Å². The molecular formula is C34H28P2. The van der Waals surface area contributed by atoms with E-state index in [0.29, 0.717) is 17.2 Å². The van der Waals surface area contributed by atoms with Crippen LogP contribution < -0.4 is 10.6 Å². The first-order chi connectivity index (χ1) is 17.9. The summed E-state index contributed by atoms with van der Waals surface area (Å²) in [6, 6.07) is 49.0. The van der Waals surface area contributed by atoms with Crippen LogP contribution in [0.4, 0.5) is 0 Å². The standard InChI is InChI=1S/C34H28P2/c1-3-11-25(12-4-1)23-35-31-21-19-27-15-7-9-17-29(27)33(31)34-30-18-10-8-16-28(30)20-22-32(34)36-24-26-13-5-2-6-14-26/h1-22,35-36H,23-24H2. The van der Waals surface area contributed by atoms with E-state index in [9.17, 15) is 0 Å². The van der Waals surface area contributed by atoms with Crippen LogP contribution in [0.15, 0.2) is 133 Å². The Hall–Kier alpha value is -3.30. The number of rotatable bonds is 7. The van der Waals surface area contributed by atoms with Crippen molar-refractivity contribution in [2.75, 3.05) is 0 Å². The molecule has 0 radical (unpaired) electrons. The van der Waals surface area contributed by atoms with E-state index in [4.69, 9.17) is 0 Å². The van der Waals surface area contributed by atoms with Crippen molar-refractivity contribution in [3.05, 3.63) is 145 Å². The Morgan fingerprint density at radius 1 is 0.361 bits per heavy atom. The fraction of sp³-hybridized carbons (Fsp3) is 0.0588. The second kappa shape index (κ2) is 10.8. The lowest BCUT2D eigenvalue weighted by molar-refractivity contribution is 1.41. The van der Waals surface area contributed by atoms with Gasteiger partial charge in [0.1, 0.15) is 0 Å². The molecule has 0 aliphatic rings. The predicted molar refractivity (Wildman–Crippen MR) is 163 cm³/mol. The Labute approximate surface area is 217 Å². The van der Waals surface area contributed by atoms with Crippen LogP contribution >= 0.6 is 17.2 Å². The SMILES string of the molecule is c1ccc(CPc2ccc3ccccc3c2-c2c(PCc3ccccc3)ccc3ccccc23)cc1. The second-order valence-corrected chi connectivity index (χ2v) is 11.6. The molecule has 0 bridgehead atoms. The molecule has 0 fully saturated rings. The van der Waals surface area contributed by atoms with Gasteiger partial charge in [0.25, 0.3) is 0 Å². The van der Waals surface area contributed by atoms with Crippen LogP contribution in [0.2, 0.25) is 0 Å². The molecule has 0 saturated heterocycles. The smallest absolute Gasteiger partial charge is 0.00184 e. The molecule has 0 aliphatic carbocycles. The Balaban J connectivity index is 1.53. The van der Waals surface area contributed by atoms with Crippen molar-refractivity contribution in [3.8, 4) is 11.1 Å². The first-order valence-corrected chi connectivity index (χ1v) is 14.9. The maximum Gasteiger partial charge on any atom is -0.00184 e. The summed E-state index contributed by atoms with van der Waals surface area (Å²) in [6.07, 6.45) is 2.14. The van der Waals surface area contributed by atoms with Crippen molar-refractivity contribution in [1.29, 1.82) is 0 Å². The van der Waals surface area contributed by atoms with Crippen LogP contribution in [0.3, 0.4) is 0 Å².